The highest BCUT2D eigenvalue weighted by atomic mass is 32.2. The number of furan rings is 1. The standard InChI is InChI=1S/C13H12N2O3S/c1-10(13-6-3-7-18-13)15-19(16,17)12-5-2-4-11(8-12)9-14/h2-8,10,15H,1H3/t10-/m1/s1. The van der Waals surface area contributed by atoms with E-state index in [1.54, 1.807) is 25.1 Å². The molecule has 98 valence electrons. The lowest BCUT2D eigenvalue weighted by atomic mass is 10.2. The number of rotatable bonds is 4. The van der Waals surface area contributed by atoms with Crippen molar-refractivity contribution in [3.05, 3.63) is 54.0 Å². The van der Waals surface area contributed by atoms with E-state index in [0.717, 1.165) is 0 Å². The van der Waals surface area contributed by atoms with Gasteiger partial charge in [0.15, 0.2) is 0 Å². The third-order valence-electron chi connectivity index (χ3n) is 2.58. The first-order valence-electron chi connectivity index (χ1n) is 5.59. The van der Waals surface area contributed by atoms with Gasteiger partial charge in [-0.1, -0.05) is 6.07 Å². The maximum atomic E-state index is 12.1. The Morgan fingerprint density at radius 1 is 1.32 bits per heavy atom. The van der Waals surface area contributed by atoms with E-state index in [-0.39, 0.29) is 4.90 Å². The van der Waals surface area contributed by atoms with Gasteiger partial charge in [-0.2, -0.15) is 5.26 Å². The normalized spacial score (nSPS) is 12.8. The molecule has 5 nitrogen and oxygen atoms in total. The Kier molecular flexibility index (Phi) is 3.69. The van der Waals surface area contributed by atoms with Crippen LogP contribution in [0.4, 0.5) is 0 Å². The molecule has 0 aliphatic heterocycles. The molecule has 0 saturated heterocycles. The average Bonchev–Trinajstić information content (AvgIpc) is 2.92. The number of nitrogens with zero attached hydrogens (tertiary/aromatic N) is 1. The molecule has 1 atom stereocenters. The maximum absolute atomic E-state index is 12.1. The van der Waals surface area contributed by atoms with Gasteiger partial charge in [0.25, 0.3) is 0 Å². The first kappa shape index (κ1) is 13.3. The predicted molar refractivity (Wildman–Crippen MR) is 68.6 cm³/mol. The maximum Gasteiger partial charge on any atom is 0.241 e. The van der Waals surface area contributed by atoms with Gasteiger partial charge in [0.1, 0.15) is 5.76 Å². The van der Waals surface area contributed by atoms with E-state index in [4.69, 9.17) is 9.68 Å². The van der Waals surface area contributed by atoms with Crippen molar-refractivity contribution < 1.29 is 12.8 Å². The van der Waals surface area contributed by atoms with Crippen molar-refractivity contribution in [2.75, 3.05) is 0 Å². The molecule has 0 saturated carbocycles. The van der Waals surface area contributed by atoms with Crippen LogP contribution in [0.15, 0.2) is 52.0 Å². The minimum atomic E-state index is -3.68. The molecule has 1 aromatic heterocycles. The van der Waals surface area contributed by atoms with Gasteiger partial charge in [0.05, 0.1) is 28.8 Å². The smallest absolute Gasteiger partial charge is 0.241 e. The number of hydrogen-bond donors (Lipinski definition) is 1. The number of hydrogen-bond acceptors (Lipinski definition) is 4. The van der Waals surface area contributed by atoms with Gasteiger partial charge in [-0.15, -0.1) is 0 Å². The van der Waals surface area contributed by atoms with Gasteiger partial charge in [-0.25, -0.2) is 13.1 Å². The van der Waals surface area contributed by atoms with Gasteiger partial charge in [-0.3, -0.25) is 0 Å². The molecule has 0 bridgehead atoms. The fraction of sp³-hybridized carbons (Fsp3) is 0.154. The third-order valence-corrected chi connectivity index (χ3v) is 4.11. The fourth-order valence-corrected chi connectivity index (χ4v) is 2.89. The Morgan fingerprint density at radius 2 is 2.11 bits per heavy atom. The van der Waals surface area contributed by atoms with Gasteiger partial charge >= 0.3 is 0 Å². The van der Waals surface area contributed by atoms with E-state index in [1.165, 1.54) is 24.5 Å². The molecule has 0 fully saturated rings. The zero-order chi connectivity index (χ0) is 13.9. The SMILES string of the molecule is C[C@@H](NS(=O)(=O)c1cccc(C#N)c1)c1ccco1. The highest BCUT2D eigenvalue weighted by molar-refractivity contribution is 7.89. The first-order valence-corrected chi connectivity index (χ1v) is 7.07. The van der Waals surface area contributed by atoms with Crippen LogP contribution < -0.4 is 4.72 Å². The lowest BCUT2D eigenvalue weighted by Crippen LogP contribution is -2.26. The van der Waals surface area contributed by atoms with Crippen molar-refractivity contribution in [1.82, 2.24) is 4.72 Å². The van der Waals surface area contributed by atoms with E-state index in [9.17, 15) is 8.42 Å². The second-order valence-corrected chi connectivity index (χ2v) is 5.71. The molecule has 0 unspecified atom stereocenters. The summed E-state index contributed by atoms with van der Waals surface area (Å²) in [6.07, 6.45) is 1.48. The molecule has 1 N–H and O–H groups in total. The van der Waals surface area contributed by atoms with Gasteiger partial charge in [-0.05, 0) is 37.3 Å². The lowest BCUT2D eigenvalue weighted by molar-refractivity contribution is 0.459. The highest BCUT2D eigenvalue weighted by Crippen LogP contribution is 2.17. The molecule has 0 spiro atoms. The highest BCUT2D eigenvalue weighted by Gasteiger charge is 2.19. The zero-order valence-corrected chi connectivity index (χ0v) is 11.0. The lowest BCUT2D eigenvalue weighted by Gasteiger charge is -2.12. The van der Waals surface area contributed by atoms with E-state index in [1.807, 2.05) is 6.07 Å². The van der Waals surface area contributed by atoms with Crippen molar-refractivity contribution in [2.24, 2.45) is 0 Å². The van der Waals surface area contributed by atoms with Crippen molar-refractivity contribution in [3.8, 4) is 6.07 Å². The molecular weight excluding hydrogens is 264 g/mol. The Morgan fingerprint density at radius 3 is 2.74 bits per heavy atom. The summed E-state index contributed by atoms with van der Waals surface area (Å²) in [5, 5.41) is 8.78. The number of benzene rings is 1. The second-order valence-electron chi connectivity index (χ2n) is 4.00. The average molecular weight is 276 g/mol. The molecule has 1 aromatic carbocycles. The minimum absolute atomic E-state index is 0.0601. The minimum Gasteiger partial charge on any atom is -0.468 e. The van der Waals surface area contributed by atoms with Crippen molar-refractivity contribution >= 4 is 10.0 Å². The van der Waals surface area contributed by atoms with Crippen LogP contribution in [0.3, 0.4) is 0 Å². The molecule has 0 aliphatic carbocycles. The zero-order valence-electron chi connectivity index (χ0n) is 10.2. The summed E-state index contributed by atoms with van der Waals surface area (Å²) in [5.74, 6) is 0.528. The van der Waals surface area contributed by atoms with Gasteiger partial charge in [0, 0.05) is 0 Å². The summed E-state index contributed by atoms with van der Waals surface area (Å²) >= 11 is 0. The summed E-state index contributed by atoms with van der Waals surface area (Å²) in [7, 11) is -3.68. The Labute approximate surface area is 111 Å². The van der Waals surface area contributed by atoms with Crippen LogP contribution in [-0.2, 0) is 10.0 Å². The van der Waals surface area contributed by atoms with Crippen LogP contribution in [0.1, 0.15) is 24.3 Å². The van der Waals surface area contributed by atoms with Gasteiger partial charge < -0.3 is 4.42 Å². The van der Waals surface area contributed by atoms with Crippen molar-refractivity contribution in [2.45, 2.75) is 17.9 Å². The van der Waals surface area contributed by atoms with Crippen LogP contribution in [0.2, 0.25) is 0 Å². The topological polar surface area (TPSA) is 83.1 Å². The molecule has 0 radical (unpaired) electrons. The molecule has 1 heterocycles. The van der Waals surface area contributed by atoms with Crippen molar-refractivity contribution in [3.63, 3.8) is 0 Å². The molecule has 6 heteroatoms. The Hall–Kier alpha value is -2.10. The number of nitriles is 1. The molecule has 2 rings (SSSR count). The number of nitrogens with one attached hydrogen (secondary N) is 1. The summed E-state index contributed by atoms with van der Waals surface area (Å²) < 4.78 is 31.9. The van der Waals surface area contributed by atoms with E-state index >= 15 is 0 Å². The van der Waals surface area contributed by atoms with Crippen LogP contribution in [0, 0.1) is 11.3 Å². The van der Waals surface area contributed by atoms with Crippen LogP contribution in [0.5, 0.6) is 0 Å². The Bertz CT molecular complexity index is 700. The van der Waals surface area contributed by atoms with Crippen LogP contribution in [0.25, 0.3) is 0 Å². The predicted octanol–water partition coefficient (Wildman–Crippen LogP) is 2.19. The van der Waals surface area contributed by atoms with E-state index < -0.39 is 16.1 Å². The molecule has 2 aromatic rings. The molecule has 19 heavy (non-hydrogen) atoms. The first-order chi connectivity index (χ1) is 9.03. The quantitative estimate of drug-likeness (QED) is 0.927. The summed E-state index contributed by atoms with van der Waals surface area (Å²) in [4.78, 5) is 0.0601. The Balaban J connectivity index is 2.25. The second kappa shape index (κ2) is 5.26. The third kappa shape index (κ3) is 3.02. The molecule has 0 aliphatic rings. The monoisotopic (exact) mass is 276 g/mol. The van der Waals surface area contributed by atoms with Gasteiger partial charge in [0.2, 0.25) is 10.0 Å². The molecule has 0 amide bonds. The summed E-state index contributed by atoms with van der Waals surface area (Å²) in [5.41, 5.74) is 0.300. The van der Waals surface area contributed by atoms with E-state index in [0.29, 0.717) is 11.3 Å². The van der Waals surface area contributed by atoms with Crippen LogP contribution >= 0.6 is 0 Å². The summed E-state index contributed by atoms with van der Waals surface area (Å²) in [6.45, 7) is 1.69. The largest absolute Gasteiger partial charge is 0.468 e. The van der Waals surface area contributed by atoms with Crippen molar-refractivity contribution in [1.29, 1.82) is 5.26 Å². The molecular formula is C13H12N2O3S. The summed E-state index contributed by atoms with van der Waals surface area (Å²) in [6, 6.07) is 10.7. The van der Waals surface area contributed by atoms with E-state index in [2.05, 4.69) is 4.72 Å². The number of sulfonamides is 1. The van der Waals surface area contributed by atoms with Crippen LogP contribution in [-0.4, -0.2) is 8.42 Å². The fourth-order valence-electron chi connectivity index (χ4n) is 1.63.